The van der Waals surface area contributed by atoms with E-state index in [1.807, 2.05) is 31.3 Å². The third kappa shape index (κ3) is 6.71. The molecule has 8 nitrogen and oxygen atoms in total. The first-order valence-electron chi connectivity index (χ1n) is 10.1. The van der Waals surface area contributed by atoms with Crippen molar-refractivity contribution in [2.75, 3.05) is 40.4 Å². The zero-order valence-corrected chi connectivity index (χ0v) is 17.3. The predicted molar refractivity (Wildman–Crippen MR) is 110 cm³/mol. The molecule has 1 saturated heterocycles. The number of aliphatic hydroxyl groups is 2. The Bertz CT molecular complexity index is 732. The number of methoxy groups -OCH3 is 1. The quantitative estimate of drug-likeness (QED) is 0.549. The lowest BCUT2D eigenvalue weighted by molar-refractivity contribution is 0.0335. The standard InChI is InChI=1S/C21H32N4O4/c1-24(13-17-5-8-22-23-17)12-16-11-20(28-2)3-4-21(16)29-15-19(27)14-25-9-6-18(26)7-10-25/h3-5,8,11,18-19,26-27H,6-7,9-10,12-15H2,1-2H3,(H,22,23). The maximum absolute atomic E-state index is 10.4. The number of nitrogens with one attached hydrogen (secondary N) is 1. The zero-order valence-electron chi connectivity index (χ0n) is 17.3. The summed E-state index contributed by atoms with van der Waals surface area (Å²) >= 11 is 0. The van der Waals surface area contributed by atoms with Crippen molar-refractivity contribution in [2.24, 2.45) is 0 Å². The summed E-state index contributed by atoms with van der Waals surface area (Å²) in [7, 11) is 3.68. The van der Waals surface area contributed by atoms with Gasteiger partial charge in [-0.2, -0.15) is 5.10 Å². The molecule has 1 aromatic heterocycles. The molecule has 0 bridgehead atoms. The van der Waals surface area contributed by atoms with E-state index < -0.39 is 6.10 Å². The lowest BCUT2D eigenvalue weighted by Gasteiger charge is -2.31. The fraction of sp³-hybridized carbons (Fsp3) is 0.571. The fourth-order valence-corrected chi connectivity index (χ4v) is 3.60. The van der Waals surface area contributed by atoms with E-state index in [1.54, 1.807) is 13.3 Å². The van der Waals surface area contributed by atoms with Gasteiger partial charge in [-0.25, -0.2) is 0 Å². The molecule has 0 aliphatic carbocycles. The molecule has 2 aromatic rings. The Hall–Kier alpha value is -2.13. The number of β-amino-alcohol motifs (C(OH)–C–C–N with tert-alkyl or cyclic N) is 1. The number of likely N-dealkylation sites (tertiary alicyclic amines) is 1. The van der Waals surface area contributed by atoms with Crippen LogP contribution < -0.4 is 9.47 Å². The van der Waals surface area contributed by atoms with Crippen molar-refractivity contribution in [2.45, 2.75) is 38.1 Å². The lowest BCUT2D eigenvalue weighted by Crippen LogP contribution is -2.41. The van der Waals surface area contributed by atoms with Gasteiger partial charge in [0.15, 0.2) is 0 Å². The van der Waals surface area contributed by atoms with Crippen LogP contribution in [0.25, 0.3) is 0 Å². The van der Waals surface area contributed by atoms with Gasteiger partial charge >= 0.3 is 0 Å². The molecular formula is C21H32N4O4. The van der Waals surface area contributed by atoms with Gasteiger partial charge in [-0.1, -0.05) is 0 Å². The lowest BCUT2D eigenvalue weighted by atomic mass is 10.1. The van der Waals surface area contributed by atoms with Gasteiger partial charge in [0, 0.05) is 50.2 Å². The molecule has 0 spiro atoms. The highest BCUT2D eigenvalue weighted by Crippen LogP contribution is 2.26. The molecule has 0 radical (unpaired) electrons. The van der Waals surface area contributed by atoms with Crippen LogP contribution in [0.4, 0.5) is 0 Å². The first kappa shape index (κ1) is 21.6. The normalized spacial score (nSPS) is 16.9. The van der Waals surface area contributed by atoms with Gasteiger partial charge in [-0.3, -0.25) is 10.00 Å². The van der Waals surface area contributed by atoms with Crippen molar-refractivity contribution < 1.29 is 19.7 Å². The smallest absolute Gasteiger partial charge is 0.124 e. The number of piperidine rings is 1. The summed E-state index contributed by atoms with van der Waals surface area (Å²) in [4.78, 5) is 4.33. The summed E-state index contributed by atoms with van der Waals surface area (Å²) in [5.41, 5.74) is 2.04. The Morgan fingerprint density at radius 2 is 2.07 bits per heavy atom. The molecule has 3 N–H and O–H groups in total. The summed E-state index contributed by atoms with van der Waals surface area (Å²) in [6.45, 7) is 3.81. The first-order chi connectivity index (χ1) is 14.0. The molecule has 160 valence electrons. The largest absolute Gasteiger partial charge is 0.497 e. The van der Waals surface area contributed by atoms with Crippen molar-refractivity contribution in [3.05, 3.63) is 41.7 Å². The van der Waals surface area contributed by atoms with Gasteiger partial charge in [-0.05, 0) is 44.2 Å². The zero-order chi connectivity index (χ0) is 20.6. The Morgan fingerprint density at radius 1 is 1.28 bits per heavy atom. The molecular weight excluding hydrogens is 372 g/mol. The molecule has 3 rings (SSSR count). The Labute approximate surface area is 172 Å². The van der Waals surface area contributed by atoms with Crippen LogP contribution >= 0.6 is 0 Å². The fourth-order valence-electron chi connectivity index (χ4n) is 3.60. The van der Waals surface area contributed by atoms with E-state index in [2.05, 4.69) is 20.0 Å². The predicted octanol–water partition coefficient (Wildman–Crippen LogP) is 1.25. The van der Waals surface area contributed by atoms with E-state index in [0.717, 1.165) is 55.2 Å². The van der Waals surface area contributed by atoms with E-state index in [-0.39, 0.29) is 12.7 Å². The number of benzene rings is 1. The summed E-state index contributed by atoms with van der Waals surface area (Å²) < 4.78 is 11.3. The minimum atomic E-state index is -0.581. The van der Waals surface area contributed by atoms with E-state index in [9.17, 15) is 10.2 Å². The van der Waals surface area contributed by atoms with Gasteiger partial charge in [0.05, 0.1) is 13.2 Å². The molecule has 29 heavy (non-hydrogen) atoms. The summed E-state index contributed by atoms with van der Waals surface area (Å²) in [5, 5.41) is 27.0. The third-order valence-electron chi connectivity index (χ3n) is 5.16. The first-order valence-corrected chi connectivity index (χ1v) is 10.1. The van der Waals surface area contributed by atoms with Gasteiger partial charge in [0.1, 0.15) is 24.2 Å². The third-order valence-corrected chi connectivity index (χ3v) is 5.16. The molecule has 1 atom stereocenters. The minimum Gasteiger partial charge on any atom is -0.497 e. The van der Waals surface area contributed by atoms with E-state index in [0.29, 0.717) is 13.1 Å². The van der Waals surface area contributed by atoms with Crippen LogP contribution in [0.1, 0.15) is 24.1 Å². The summed E-state index contributed by atoms with van der Waals surface area (Å²) in [6, 6.07) is 7.68. The van der Waals surface area contributed by atoms with Crippen LogP contribution in [-0.4, -0.2) is 82.8 Å². The van der Waals surface area contributed by atoms with Crippen molar-refractivity contribution >= 4 is 0 Å². The number of aliphatic hydroxyl groups excluding tert-OH is 2. The van der Waals surface area contributed by atoms with Crippen LogP contribution in [0.3, 0.4) is 0 Å². The number of aromatic amines is 1. The van der Waals surface area contributed by atoms with Crippen molar-refractivity contribution in [3.63, 3.8) is 0 Å². The minimum absolute atomic E-state index is 0.208. The summed E-state index contributed by atoms with van der Waals surface area (Å²) in [6.07, 6.45) is 2.48. The molecule has 1 aliphatic rings. The van der Waals surface area contributed by atoms with Crippen molar-refractivity contribution in [3.8, 4) is 11.5 Å². The highest BCUT2D eigenvalue weighted by Gasteiger charge is 2.20. The van der Waals surface area contributed by atoms with Gasteiger partial charge < -0.3 is 24.6 Å². The SMILES string of the molecule is COc1ccc(OCC(O)CN2CCC(O)CC2)c(CN(C)Cc2ccn[nH]2)c1. The molecule has 0 amide bonds. The molecule has 8 heteroatoms. The van der Waals surface area contributed by atoms with Gasteiger partial charge in [0.2, 0.25) is 0 Å². The monoisotopic (exact) mass is 404 g/mol. The topological polar surface area (TPSA) is 94.1 Å². The number of H-pyrrole nitrogens is 1. The number of nitrogens with zero attached hydrogens (tertiary/aromatic N) is 3. The van der Waals surface area contributed by atoms with Crippen LogP contribution in [0, 0.1) is 0 Å². The van der Waals surface area contributed by atoms with Crippen LogP contribution in [0.15, 0.2) is 30.5 Å². The molecule has 1 fully saturated rings. The molecule has 1 aromatic carbocycles. The number of hydrogen-bond acceptors (Lipinski definition) is 7. The maximum atomic E-state index is 10.4. The number of aromatic nitrogens is 2. The van der Waals surface area contributed by atoms with Crippen molar-refractivity contribution in [1.29, 1.82) is 0 Å². The van der Waals surface area contributed by atoms with Crippen LogP contribution in [0.5, 0.6) is 11.5 Å². The number of rotatable bonds is 10. The average molecular weight is 405 g/mol. The Kier molecular flexibility index (Phi) is 7.88. The van der Waals surface area contributed by atoms with Crippen LogP contribution in [-0.2, 0) is 13.1 Å². The maximum Gasteiger partial charge on any atom is 0.124 e. The van der Waals surface area contributed by atoms with Crippen LogP contribution in [0.2, 0.25) is 0 Å². The van der Waals surface area contributed by atoms with Gasteiger partial charge in [0.25, 0.3) is 0 Å². The number of hydrogen-bond donors (Lipinski definition) is 3. The second kappa shape index (κ2) is 10.6. The summed E-state index contributed by atoms with van der Waals surface area (Å²) in [5.74, 6) is 1.52. The second-order valence-electron chi connectivity index (χ2n) is 7.72. The molecule has 1 aliphatic heterocycles. The van der Waals surface area contributed by atoms with Crippen molar-refractivity contribution in [1.82, 2.24) is 20.0 Å². The Morgan fingerprint density at radius 3 is 2.76 bits per heavy atom. The Balaban J connectivity index is 1.56. The van der Waals surface area contributed by atoms with E-state index in [4.69, 9.17) is 9.47 Å². The second-order valence-corrected chi connectivity index (χ2v) is 7.72. The molecule has 0 saturated carbocycles. The number of ether oxygens (including phenoxy) is 2. The highest BCUT2D eigenvalue weighted by atomic mass is 16.5. The highest BCUT2D eigenvalue weighted by molar-refractivity contribution is 5.40. The molecule has 1 unspecified atom stereocenters. The van der Waals surface area contributed by atoms with E-state index >= 15 is 0 Å². The molecule has 2 heterocycles. The average Bonchev–Trinajstić information content (AvgIpc) is 3.21. The van der Waals surface area contributed by atoms with E-state index in [1.165, 1.54) is 0 Å². The van der Waals surface area contributed by atoms with Gasteiger partial charge in [-0.15, -0.1) is 0 Å².